The van der Waals surface area contributed by atoms with E-state index in [0.29, 0.717) is 18.0 Å². The van der Waals surface area contributed by atoms with Gasteiger partial charge in [0.05, 0.1) is 30.1 Å². The topological polar surface area (TPSA) is 56.1 Å². The number of para-hydroxylation sites is 1. The Labute approximate surface area is 128 Å². The molecular weight excluding hydrogens is 285 g/mol. The maximum absolute atomic E-state index is 13.7. The summed E-state index contributed by atoms with van der Waals surface area (Å²) in [7, 11) is 0. The molecule has 22 heavy (non-hydrogen) atoms. The molecule has 3 rings (SSSR count). The molecule has 1 saturated heterocycles. The summed E-state index contributed by atoms with van der Waals surface area (Å²) in [5, 5.41) is 6.92. The minimum atomic E-state index is -0.363. The van der Waals surface area contributed by atoms with Crippen molar-refractivity contribution in [2.75, 3.05) is 11.9 Å². The van der Waals surface area contributed by atoms with Crippen LogP contribution in [-0.4, -0.2) is 28.4 Å². The van der Waals surface area contributed by atoms with E-state index in [1.54, 1.807) is 24.4 Å². The lowest BCUT2D eigenvalue weighted by Crippen LogP contribution is -2.36. The Morgan fingerprint density at radius 2 is 2.27 bits per heavy atom. The molecule has 2 heterocycles. The van der Waals surface area contributed by atoms with Crippen LogP contribution in [0.5, 0.6) is 0 Å². The van der Waals surface area contributed by atoms with Crippen molar-refractivity contribution in [3.05, 3.63) is 42.5 Å². The van der Waals surface area contributed by atoms with Crippen LogP contribution in [0.4, 0.5) is 10.1 Å². The van der Waals surface area contributed by atoms with Gasteiger partial charge in [-0.3, -0.25) is 4.79 Å². The zero-order valence-electron chi connectivity index (χ0n) is 12.3. The second-order valence-corrected chi connectivity index (χ2v) is 5.44. The van der Waals surface area contributed by atoms with E-state index in [4.69, 9.17) is 4.74 Å². The van der Waals surface area contributed by atoms with Crippen molar-refractivity contribution in [1.82, 2.24) is 9.78 Å². The maximum atomic E-state index is 13.7. The normalized spacial score (nSPS) is 21.5. The highest BCUT2D eigenvalue weighted by Gasteiger charge is 2.28. The smallest absolute Gasteiger partial charge is 0.230 e. The first-order valence-electron chi connectivity index (χ1n) is 7.37. The number of halogens is 1. The predicted octanol–water partition coefficient (Wildman–Crippen LogP) is 2.77. The van der Waals surface area contributed by atoms with E-state index in [9.17, 15) is 9.18 Å². The van der Waals surface area contributed by atoms with Gasteiger partial charge in [-0.15, -0.1) is 0 Å². The lowest BCUT2D eigenvalue weighted by molar-refractivity contribution is -0.127. The third-order valence-electron chi connectivity index (χ3n) is 3.89. The summed E-state index contributed by atoms with van der Waals surface area (Å²) in [6, 6.07) is 6.36. The molecule has 2 unspecified atom stereocenters. The van der Waals surface area contributed by atoms with Crippen molar-refractivity contribution in [1.29, 1.82) is 0 Å². The van der Waals surface area contributed by atoms with E-state index < -0.39 is 0 Å². The number of hydrogen-bond acceptors (Lipinski definition) is 3. The van der Waals surface area contributed by atoms with Gasteiger partial charge in [0.1, 0.15) is 11.5 Å². The molecule has 1 amide bonds. The van der Waals surface area contributed by atoms with Gasteiger partial charge < -0.3 is 10.1 Å². The van der Waals surface area contributed by atoms with E-state index in [1.165, 1.54) is 16.9 Å². The molecule has 116 valence electrons. The Balaban J connectivity index is 1.72. The number of anilines is 1. The molecule has 6 heteroatoms. The Hall–Kier alpha value is -2.21. The van der Waals surface area contributed by atoms with Crippen molar-refractivity contribution in [2.45, 2.75) is 25.9 Å². The number of amides is 1. The number of rotatable bonds is 3. The number of aromatic nitrogens is 2. The Morgan fingerprint density at radius 3 is 3.05 bits per heavy atom. The summed E-state index contributed by atoms with van der Waals surface area (Å²) in [5.74, 6) is -0.608. The van der Waals surface area contributed by atoms with Crippen LogP contribution in [-0.2, 0) is 9.53 Å². The number of carbonyl (C=O) groups excluding carboxylic acids is 1. The van der Waals surface area contributed by atoms with Gasteiger partial charge in [0.2, 0.25) is 5.91 Å². The fourth-order valence-electron chi connectivity index (χ4n) is 2.66. The SMILES string of the molecule is CC1OCCCC1C(=O)Nc1cnn(-c2ccccc2F)c1. The van der Waals surface area contributed by atoms with Crippen LogP contribution in [0.2, 0.25) is 0 Å². The zero-order chi connectivity index (χ0) is 15.5. The average Bonchev–Trinajstić information content (AvgIpc) is 2.96. The zero-order valence-corrected chi connectivity index (χ0v) is 12.3. The van der Waals surface area contributed by atoms with E-state index in [0.717, 1.165) is 12.8 Å². The van der Waals surface area contributed by atoms with E-state index in [1.807, 2.05) is 6.92 Å². The third-order valence-corrected chi connectivity index (χ3v) is 3.89. The molecule has 0 saturated carbocycles. The number of benzene rings is 1. The van der Waals surface area contributed by atoms with Crippen molar-refractivity contribution < 1.29 is 13.9 Å². The summed E-state index contributed by atoms with van der Waals surface area (Å²) >= 11 is 0. The fourth-order valence-corrected chi connectivity index (χ4v) is 2.66. The van der Waals surface area contributed by atoms with Crippen LogP contribution in [0.25, 0.3) is 5.69 Å². The van der Waals surface area contributed by atoms with Crippen molar-refractivity contribution in [2.24, 2.45) is 5.92 Å². The van der Waals surface area contributed by atoms with Gasteiger partial charge in [0, 0.05) is 6.61 Å². The van der Waals surface area contributed by atoms with Crippen LogP contribution < -0.4 is 5.32 Å². The first-order chi connectivity index (χ1) is 10.6. The molecular formula is C16H18FN3O2. The van der Waals surface area contributed by atoms with Gasteiger partial charge in [-0.1, -0.05) is 12.1 Å². The van der Waals surface area contributed by atoms with Gasteiger partial charge in [0.25, 0.3) is 0 Å². The molecule has 1 aromatic carbocycles. The van der Waals surface area contributed by atoms with Crippen molar-refractivity contribution in [3.8, 4) is 5.69 Å². The summed E-state index contributed by atoms with van der Waals surface area (Å²) < 4.78 is 20.6. The third kappa shape index (κ3) is 3.01. The molecule has 1 aliphatic heterocycles. The van der Waals surface area contributed by atoms with E-state index in [2.05, 4.69) is 10.4 Å². The number of ether oxygens (including phenoxy) is 1. The first-order valence-corrected chi connectivity index (χ1v) is 7.37. The minimum Gasteiger partial charge on any atom is -0.378 e. The standard InChI is InChI=1S/C16H18FN3O2/c1-11-13(5-4-8-22-11)16(21)19-12-9-18-20(10-12)15-7-3-2-6-14(15)17/h2-3,6-7,9-11,13H,4-5,8H2,1H3,(H,19,21). The summed E-state index contributed by atoms with van der Waals surface area (Å²) in [4.78, 5) is 12.3. The molecule has 1 aromatic heterocycles. The molecule has 2 aromatic rings. The molecule has 5 nitrogen and oxygen atoms in total. The Kier molecular flexibility index (Phi) is 4.20. The van der Waals surface area contributed by atoms with E-state index >= 15 is 0 Å². The molecule has 0 spiro atoms. The molecule has 1 aliphatic rings. The largest absolute Gasteiger partial charge is 0.378 e. The molecule has 1 fully saturated rings. The highest BCUT2D eigenvalue weighted by atomic mass is 19.1. The maximum Gasteiger partial charge on any atom is 0.230 e. The van der Waals surface area contributed by atoms with Gasteiger partial charge in [0.15, 0.2) is 0 Å². The lowest BCUT2D eigenvalue weighted by atomic mass is 9.94. The van der Waals surface area contributed by atoms with Gasteiger partial charge in [-0.05, 0) is 31.9 Å². The highest BCUT2D eigenvalue weighted by Crippen LogP contribution is 2.22. The van der Waals surface area contributed by atoms with Crippen LogP contribution >= 0.6 is 0 Å². The van der Waals surface area contributed by atoms with Crippen LogP contribution in [0, 0.1) is 11.7 Å². The molecule has 0 bridgehead atoms. The number of hydrogen-bond donors (Lipinski definition) is 1. The fraction of sp³-hybridized carbons (Fsp3) is 0.375. The van der Waals surface area contributed by atoms with Crippen LogP contribution in [0.15, 0.2) is 36.7 Å². The second-order valence-electron chi connectivity index (χ2n) is 5.44. The lowest BCUT2D eigenvalue weighted by Gasteiger charge is -2.27. The van der Waals surface area contributed by atoms with Crippen LogP contribution in [0.3, 0.4) is 0 Å². The second kappa shape index (κ2) is 6.27. The minimum absolute atomic E-state index is 0.0831. The Bertz CT molecular complexity index is 671. The average molecular weight is 303 g/mol. The number of carbonyl (C=O) groups is 1. The summed E-state index contributed by atoms with van der Waals surface area (Å²) in [6.07, 6.45) is 4.73. The highest BCUT2D eigenvalue weighted by molar-refractivity contribution is 5.92. The monoisotopic (exact) mass is 303 g/mol. The number of nitrogens with zero attached hydrogens (tertiary/aromatic N) is 2. The van der Waals surface area contributed by atoms with Crippen LogP contribution in [0.1, 0.15) is 19.8 Å². The molecule has 1 N–H and O–H groups in total. The quantitative estimate of drug-likeness (QED) is 0.948. The summed E-state index contributed by atoms with van der Waals surface area (Å²) in [5.41, 5.74) is 0.892. The predicted molar refractivity (Wildman–Crippen MR) is 80.3 cm³/mol. The number of nitrogens with one attached hydrogen (secondary N) is 1. The Morgan fingerprint density at radius 1 is 1.45 bits per heavy atom. The molecule has 0 radical (unpaired) electrons. The summed E-state index contributed by atoms with van der Waals surface area (Å²) in [6.45, 7) is 2.61. The van der Waals surface area contributed by atoms with Gasteiger partial charge in [-0.25, -0.2) is 9.07 Å². The van der Waals surface area contributed by atoms with E-state index in [-0.39, 0.29) is 23.7 Å². The van der Waals surface area contributed by atoms with Crippen molar-refractivity contribution in [3.63, 3.8) is 0 Å². The molecule has 2 atom stereocenters. The first kappa shape index (κ1) is 14.7. The van der Waals surface area contributed by atoms with Gasteiger partial charge in [-0.2, -0.15) is 5.10 Å². The van der Waals surface area contributed by atoms with Gasteiger partial charge >= 0.3 is 0 Å². The van der Waals surface area contributed by atoms with Crippen molar-refractivity contribution >= 4 is 11.6 Å². The molecule has 0 aliphatic carbocycles.